The Kier molecular flexibility index (Phi) is 7.10. The van der Waals surface area contributed by atoms with Crippen LogP contribution in [0.4, 0.5) is 13.6 Å². The average Bonchev–Trinajstić information content (AvgIpc) is 3.69. The van der Waals surface area contributed by atoms with Gasteiger partial charge < -0.3 is 33.2 Å². The molecule has 14 rings (SSSR count). The molecule has 2 spiro atoms. The maximum absolute atomic E-state index is 14.2. The molecule has 51 heavy (non-hydrogen) atoms. The third-order valence-corrected chi connectivity index (χ3v) is 16.4. The Hall–Kier alpha value is -1.56. The van der Waals surface area contributed by atoms with Crippen LogP contribution in [0.1, 0.15) is 110 Å². The zero-order valence-corrected chi connectivity index (χ0v) is 29.9. The van der Waals surface area contributed by atoms with Gasteiger partial charge >= 0.3 is 18.0 Å². The molecule has 0 radical (unpaired) electrons. The monoisotopic (exact) mass is 716 g/mol. The van der Waals surface area contributed by atoms with Crippen molar-refractivity contribution in [1.82, 2.24) is 0 Å². The number of hydrogen-bond donors (Lipinski definition) is 0. The van der Waals surface area contributed by atoms with Crippen LogP contribution in [0.3, 0.4) is 0 Å². The van der Waals surface area contributed by atoms with Gasteiger partial charge in [0.05, 0.1) is 19.8 Å². The van der Waals surface area contributed by atoms with Crippen LogP contribution in [-0.2, 0) is 38.0 Å². The zero-order valence-electron chi connectivity index (χ0n) is 29.9. The summed E-state index contributed by atoms with van der Waals surface area (Å²) < 4.78 is 73.2. The fourth-order valence-electron chi connectivity index (χ4n) is 15.6. The van der Waals surface area contributed by atoms with Crippen LogP contribution < -0.4 is 0 Å². The number of esters is 1. The van der Waals surface area contributed by atoms with Crippen LogP contribution in [0.15, 0.2) is 0 Å². The Bertz CT molecular complexity index is 1330. The molecule has 12 aliphatic carbocycles. The molecule has 0 aromatic rings. The van der Waals surface area contributed by atoms with Gasteiger partial charge in [-0.1, -0.05) is 0 Å². The summed E-state index contributed by atoms with van der Waals surface area (Å²) in [4.78, 5) is 26.2. The smallest absolute Gasteiger partial charge is 0.461 e. The second-order valence-electron chi connectivity index (χ2n) is 20.0. The van der Waals surface area contributed by atoms with E-state index < -0.39 is 58.9 Å². The Morgan fingerprint density at radius 2 is 1.14 bits per heavy atom. The molecular weight excluding hydrogens is 662 g/mol. The van der Waals surface area contributed by atoms with Gasteiger partial charge in [-0.2, -0.15) is 8.78 Å². The zero-order chi connectivity index (χ0) is 34.5. The van der Waals surface area contributed by atoms with Crippen molar-refractivity contribution in [2.75, 3.05) is 19.8 Å². The summed E-state index contributed by atoms with van der Waals surface area (Å²) in [6, 6.07) is 0. The van der Waals surface area contributed by atoms with E-state index in [0.29, 0.717) is 63.1 Å². The Morgan fingerprint density at radius 1 is 0.686 bits per heavy atom. The highest BCUT2D eigenvalue weighted by molar-refractivity contribution is 5.76. The molecule has 12 bridgehead atoms. The topological polar surface area (TPSA) is 98.8 Å². The van der Waals surface area contributed by atoms with Gasteiger partial charge in [0.1, 0.15) is 17.8 Å². The number of ether oxygens (including phenoxy) is 7. The first-order valence-corrected chi connectivity index (χ1v) is 20.5. The van der Waals surface area contributed by atoms with E-state index in [1.807, 2.05) is 0 Å². The highest BCUT2D eigenvalue weighted by Crippen LogP contribution is 2.65. The minimum absolute atomic E-state index is 0.0796. The third-order valence-electron chi connectivity index (χ3n) is 16.4. The van der Waals surface area contributed by atoms with Gasteiger partial charge in [0.2, 0.25) is 0 Å². The van der Waals surface area contributed by atoms with Crippen molar-refractivity contribution in [2.45, 2.75) is 151 Å². The summed E-state index contributed by atoms with van der Waals surface area (Å²) in [6.45, 7) is 1.18. The maximum atomic E-state index is 14.2. The molecule has 282 valence electrons. The molecule has 9 nitrogen and oxygen atoms in total. The van der Waals surface area contributed by atoms with E-state index in [2.05, 4.69) is 0 Å². The van der Waals surface area contributed by atoms with Gasteiger partial charge in [-0.15, -0.1) is 0 Å². The molecule has 14 aliphatic rings. The molecule has 0 aromatic carbocycles. The van der Waals surface area contributed by atoms with Crippen LogP contribution in [0.25, 0.3) is 0 Å². The van der Waals surface area contributed by atoms with Crippen LogP contribution in [0, 0.1) is 64.6 Å². The number of alkyl halides is 2. The highest BCUT2D eigenvalue weighted by Gasteiger charge is 2.67. The van der Waals surface area contributed by atoms with Crippen molar-refractivity contribution >= 4 is 12.1 Å². The lowest BCUT2D eigenvalue weighted by atomic mass is 9.48. The van der Waals surface area contributed by atoms with Crippen molar-refractivity contribution in [3.63, 3.8) is 0 Å². The normalized spacial score (nSPS) is 54.5. The van der Waals surface area contributed by atoms with Crippen LogP contribution in [0.5, 0.6) is 0 Å². The SMILES string of the molecule is CC(F)(F)C(=O)OCC12CC3CC(C1)CC(OC(=O)OC(C1COC4(O1)C1CC5CC(C1)CC4C5)C1COC4(O1)C1CC5CC(C1)CC4C5)(C3)C2. The predicted octanol–water partition coefficient (Wildman–Crippen LogP) is 7.18. The highest BCUT2D eigenvalue weighted by atomic mass is 19.3. The first-order valence-electron chi connectivity index (χ1n) is 20.5. The van der Waals surface area contributed by atoms with Crippen molar-refractivity contribution in [2.24, 2.45) is 64.6 Å². The lowest BCUT2D eigenvalue weighted by molar-refractivity contribution is -0.309. The van der Waals surface area contributed by atoms with Gasteiger partial charge in [0.25, 0.3) is 0 Å². The lowest BCUT2D eigenvalue weighted by Gasteiger charge is -2.60. The largest absolute Gasteiger partial charge is 0.509 e. The van der Waals surface area contributed by atoms with Gasteiger partial charge in [-0.3, -0.25) is 0 Å². The summed E-state index contributed by atoms with van der Waals surface area (Å²) in [6.07, 6.45) is 13.8. The van der Waals surface area contributed by atoms with E-state index in [-0.39, 0.29) is 18.4 Å². The fourth-order valence-corrected chi connectivity index (χ4v) is 15.6. The molecule has 4 unspecified atom stereocenters. The summed E-state index contributed by atoms with van der Waals surface area (Å²) in [5, 5.41) is 0. The minimum Gasteiger partial charge on any atom is -0.461 e. The maximum Gasteiger partial charge on any atom is 0.509 e. The average molecular weight is 717 g/mol. The Balaban J connectivity index is 0.841. The van der Waals surface area contributed by atoms with Crippen molar-refractivity contribution in [1.29, 1.82) is 0 Å². The van der Waals surface area contributed by atoms with Crippen LogP contribution in [0.2, 0.25) is 0 Å². The first-order chi connectivity index (χ1) is 24.4. The summed E-state index contributed by atoms with van der Waals surface area (Å²) in [5.74, 6) is -1.20. The summed E-state index contributed by atoms with van der Waals surface area (Å²) in [7, 11) is 0. The molecule has 2 saturated heterocycles. The van der Waals surface area contributed by atoms with Gasteiger partial charge in [0, 0.05) is 36.0 Å². The van der Waals surface area contributed by atoms with E-state index >= 15 is 0 Å². The van der Waals surface area contributed by atoms with E-state index in [9.17, 15) is 18.4 Å². The van der Waals surface area contributed by atoms with Gasteiger partial charge in [-0.25, -0.2) is 9.59 Å². The third kappa shape index (κ3) is 5.08. The molecule has 14 fully saturated rings. The van der Waals surface area contributed by atoms with E-state index in [1.165, 1.54) is 12.8 Å². The van der Waals surface area contributed by atoms with Gasteiger partial charge in [-0.05, 0) is 138 Å². The Labute approximate surface area is 298 Å². The second-order valence-corrected chi connectivity index (χ2v) is 20.0. The second kappa shape index (κ2) is 11.0. The molecule has 2 aliphatic heterocycles. The number of halogens is 2. The van der Waals surface area contributed by atoms with E-state index in [4.69, 9.17) is 33.2 Å². The lowest BCUT2D eigenvalue weighted by Crippen LogP contribution is -2.60. The molecule has 4 atom stereocenters. The predicted molar refractivity (Wildman–Crippen MR) is 174 cm³/mol. The minimum atomic E-state index is -3.54. The fraction of sp³-hybridized carbons (Fsp3) is 0.950. The van der Waals surface area contributed by atoms with Gasteiger partial charge in [0.15, 0.2) is 17.7 Å². The summed E-state index contributed by atoms with van der Waals surface area (Å²) >= 11 is 0. The molecule has 0 amide bonds. The van der Waals surface area contributed by atoms with Crippen molar-refractivity contribution in [3.8, 4) is 0 Å². The summed E-state index contributed by atoms with van der Waals surface area (Å²) in [5.41, 5.74) is -1.26. The van der Waals surface area contributed by atoms with Crippen molar-refractivity contribution in [3.05, 3.63) is 0 Å². The van der Waals surface area contributed by atoms with Crippen LogP contribution >= 0.6 is 0 Å². The van der Waals surface area contributed by atoms with E-state index in [0.717, 1.165) is 94.3 Å². The number of carbonyl (C=O) groups excluding carboxylic acids is 2. The molecule has 12 saturated carbocycles. The molecule has 0 N–H and O–H groups in total. The Morgan fingerprint density at radius 3 is 1.59 bits per heavy atom. The van der Waals surface area contributed by atoms with E-state index in [1.54, 1.807) is 0 Å². The molecule has 0 aromatic heterocycles. The number of carbonyl (C=O) groups is 2. The standard InChI is InChI=1S/C40H54F2O9/c1-36(41,42)34(43)45-20-37-13-25-4-26(14-37)16-38(15-25,19-37)51-35(44)48-33(31-17-46-39(49-31)27-5-21-2-22(7-27)8-28(39)6-21)32-18-47-40(50-32)29-9-23-3-24(11-29)12-30(40)10-23/h21-33H,2-20H2,1H3. The number of rotatable bonds is 7. The molecule has 2 heterocycles. The molecule has 11 heteroatoms. The van der Waals surface area contributed by atoms with Crippen LogP contribution in [-0.4, -0.2) is 73.4 Å². The first kappa shape index (κ1) is 32.8. The number of hydrogen-bond acceptors (Lipinski definition) is 9. The quantitative estimate of drug-likeness (QED) is 0.254. The molecular formula is C40H54F2O9. The van der Waals surface area contributed by atoms with Crippen molar-refractivity contribution < 1.29 is 51.5 Å².